The normalized spacial score (nSPS) is 15.1. The number of aromatic nitrogens is 3. The number of hydrogen-bond donors (Lipinski definition) is 1. The minimum Gasteiger partial charge on any atom is -0.371 e. The van der Waals surface area contributed by atoms with Gasteiger partial charge in [0.25, 0.3) is 0 Å². The van der Waals surface area contributed by atoms with Gasteiger partial charge in [0, 0.05) is 36.5 Å². The van der Waals surface area contributed by atoms with Gasteiger partial charge in [0.2, 0.25) is 11.9 Å². The van der Waals surface area contributed by atoms with E-state index in [0.717, 1.165) is 31.6 Å². The molecular formula is C20H21N5O2. The number of amides is 1. The molecule has 0 atom stereocenters. The second-order valence-corrected chi connectivity index (χ2v) is 6.81. The van der Waals surface area contributed by atoms with Gasteiger partial charge in [-0.3, -0.25) is 19.3 Å². The standard InChI is InChI=1S/C20H21N5O2/c1-14(26)15-5-7-17(8-6-15)24-12-9-16(10-13-24)19(27)21-20-23-22-18-4-2-3-11-25(18)20/h2-8,11,16H,9-10,12-13H2,1H3,(H,21,23,27). The number of rotatable bonds is 4. The smallest absolute Gasteiger partial charge is 0.235 e. The molecule has 1 aliphatic heterocycles. The van der Waals surface area contributed by atoms with E-state index in [9.17, 15) is 9.59 Å². The Morgan fingerprint density at radius 3 is 2.48 bits per heavy atom. The predicted molar refractivity (Wildman–Crippen MR) is 103 cm³/mol. The fraction of sp³-hybridized carbons (Fsp3) is 0.300. The first-order valence-corrected chi connectivity index (χ1v) is 9.08. The van der Waals surface area contributed by atoms with Gasteiger partial charge in [-0.15, -0.1) is 10.2 Å². The first-order chi connectivity index (χ1) is 13.1. The predicted octanol–water partition coefficient (Wildman–Crippen LogP) is 2.79. The number of Topliss-reactive ketones (excluding diaryl/α,β-unsaturated/α-hetero) is 1. The SMILES string of the molecule is CC(=O)c1ccc(N2CCC(C(=O)Nc3nnc4ccccn34)CC2)cc1. The van der Waals surface area contributed by atoms with Crippen LogP contribution in [-0.4, -0.2) is 39.4 Å². The maximum absolute atomic E-state index is 12.6. The number of carbonyl (C=O) groups excluding carboxylic acids is 2. The fourth-order valence-corrected chi connectivity index (χ4v) is 3.45. The van der Waals surface area contributed by atoms with Crippen molar-refractivity contribution in [2.24, 2.45) is 5.92 Å². The number of carbonyl (C=O) groups is 2. The number of ketones is 1. The van der Waals surface area contributed by atoms with Gasteiger partial charge in [0.05, 0.1) is 0 Å². The summed E-state index contributed by atoms with van der Waals surface area (Å²) in [5.41, 5.74) is 2.51. The van der Waals surface area contributed by atoms with E-state index in [0.29, 0.717) is 17.2 Å². The van der Waals surface area contributed by atoms with E-state index < -0.39 is 0 Å². The Morgan fingerprint density at radius 1 is 1.04 bits per heavy atom. The van der Waals surface area contributed by atoms with Crippen molar-refractivity contribution >= 4 is 29.0 Å². The quantitative estimate of drug-likeness (QED) is 0.721. The Balaban J connectivity index is 1.37. The minimum atomic E-state index is -0.0474. The second-order valence-electron chi connectivity index (χ2n) is 6.81. The summed E-state index contributed by atoms with van der Waals surface area (Å²) in [4.78, 5) is 26.3. The summed E-state index contributed by atoms with van der Waals surface area (Å²) in [7, 11) is 0. The van der Waals surface area contributed by atoms with E-state index in [2.05, 4.69) is 20.4 Å². The summed E-state index contributed by atoms with van der Waals surface area (Å²) >= 11 is 0. The molecule has 3 heterocycles. The van der Waals surface area contributed by atoms with Crippen LogP contribution in [0.25, 0.3) is 5.65 Å². The Morgan fingerprint density at radius 2 is 1.78 bits per heavy atom. The highest BCUT2D eigenvalue weighted by Crippen LogP contribution is 2.24. The van der Waals surface area contributed by atoms with Crippen molar-refractivity contribution in [3.8, 4) is 0 Å². The Labute approximate surface area is 157 Å². The van der Waals surface area contributed by atoms with Crippen LogP contribution in [0.5, 0.6) is 0 Å². The lowest BCUT2D eigenvalue weighted by Crippen LogP contribution is -2.38. The van der Waals surface area contributed by atoms with Crippen LogP contribution in [0, 0.1) is 5.92 Å². The van der Waals surface area contributed by atoms with E-state index in [4.69, 9.17) is 0 Å². The zero-order valence-electron chi connectivity index (χ0n) is 15.1. The van der Waals surface area contributed by atoms with E-state index in [1.165, 1.54) is 0 Å². The second kappa shape index (κ2) is 7.19. The van der Waals surface area contributed by atoms with E-state index in [1.807, 2.05) is 48.7 Å². The molecule has 0 spiro atoms. The number of anilines is 2. The van der Waals surface area contributed by atoms with Gasteiger partial charge in [-0.05, 0) is 56.2 Å². The molecule has 0 saturated carbocycles. The molecule has 2 aromatic heterocycles. The van der Waals surface area contributed by atoms with Crippen molar-refractivity contribution in [3.05, 3.63) is 54.2 Å². The first-order valence-electron chi connectivity index (χ1n) is 9.08. The largest absolute Gasteiger partial charge is 0.371 e. The first kappa shape index (κ1) is 17.2. The molecule has 7 heteroatoms. The number of piperidine rings is 1. The highest BCUT2D eigenvalue weighted by Gasteiger charge is 2.26. The molecule has 0 bridgehead atoms. The summed E-state index contributed by atoms with van der Waals surface area (Å²) in [5.74, 6) is 0.462. The van der Waals surface area contributed by atoms with Crippen molar-refractivity contribution in [3.63, 3.8) is 0 Å². The summed E-state index contributed by atoms with van der Waals surface area (Å²) in [5, 5.41) is 11.0. The molecule has 4 rings (SSSR count). The van der Waals surface area contributed by atoms with Crippen LogP contribution < -0.4 is 10.2 Å². The van der Waals surface area contributed by atoms with Crippen molar-refractivity contribution in [2.45, 2.75) is 19.8 Å². The molecule has 1 fully saturated rings. The molecule has 0 unspecified atom stereocenters. The van der Waals surface area contributed by atoms with Gasteiger partial charge in [-0.1, -0.05) is 6.07 Å². The van der Waals surface area contributed by atoms with Gasteiger partial charge >= 0.3 is 0 Å². The Hall–Kier alpha value is -3.22. The average molecular weight is 363 g/mol. The topological polar surface area (TPSA) is 79.6 Å². The van der Waals surface area contributed by atoms with E-state index >= 15 is 0 Å². The lowest BCUT2D eigenvalue weighted by molar-refractivity contribution is -0.120. The molecular weight excluding hydrogens is 342 g/mol. The molecule has 7 nitrogen and oxygen atoms in total. The summed E-state index contributed by atoms with van der Waals surface area (Å²) in [6.45, 7) is 3.17. The molecule has 0 radical (unpaired) electrons. The van der Waals surface area contributed by atoms with Gasteiger partial charge < -0.3 is 4.90 Å². The molecule has 3 aromatic rings. The molecule has 0 aliphatic carbocycles. The van der Waals surface area contributed by atoms with Crippen LogP contribution in [0.3, 0.4) is 0 Å². The third kappa shape index (κ3) is 3.53. The van der Waals surface area contributed by atoms with Gasteiger partial charge in [-0.2, -0.15) is 0 Å². The highest BCUT2D eigenvalue weighted by atomic mass is 16.2. The zero-order valence-corrected chi connectivity index (χ0v) is 15.1. The maximum atomic E-state index is 12.6. The van der Waals surface area contributed by atoms with Crippen LogP contribution in [0.15, 0.2) is 48.7 Å². The molecule has 138 valence electrons. The zero-order chi connectivity index (χ0) is 18.8. The van der Waals surface area contributed by atoms with Crippen molar-refractivity contribution in [1.29, 1.82) is 0 Å². The van der Waals surface area contributed by atoms with E-state index in [-0.39, 0.29) is 17.6 Å². The Bertz CT molecular complexity index is 971. The molecule has 1 aliphatic rings. The summed E-state index contributed by atoms with van der Waals surface area (Å²) in [6.07, 6.45) is 3.38. The monoisotopic (exact) mass is 363 g/mol. The lowest BCUT2D eigenvalue weighted by Gasteiger charge is -2.33. The van der Waals surface area contributed by atoms with Crippen LogP contribution in [0.4, 0.5) is 11.6 Å². The van der Waals surface area contributed by atoms with Crippen LogP contribution >= 0.6 is 0 Å². The van der Waals surface area contributed by atoms with Crippen molar-refractivity contribution in [2.75, 3.05) is 23.3 Å². The number of nitrogens with one attached hydrogen (secondary N) is 1. The third-order valence-corrected chi connectivity index (χ3v) is 5.05. The van der Waals surface area contributed by atoms with Crippen LogP contribution in [0.2, 0.25) is 0 Å². The number of pyridine rings is 1. The van der Waals surface area contributed by atoms with Gasteiger partial charge in [0.15, 0.2) is 11.4 Å². The van der Waals surface area contributed by atoms with Crippen LogP contribution in [-0.2, 0) is 4.79 Å². The molecule has 1 amide bonds. The number of hydrogen-bond acceptors (Lipinski definition) is 5. The summed E-state index contributed by atoms with van der Waals surface area (Å²) in [6, 6.07) is 13.3. The fourth-order valence-electron chi connectivity index (χ4n) is 3.45. The molecule has 27 heavy (non-hydrogen) atoms. The average Bonchev–Trinajstić information content (AvgIpc) is 3.11. The molecule has 1 saturated heterocycles. The lowest BCUT2D eigenvalue weighted by atomic mass is 9.95. The van der Waals surface area contributed by atoms with E-state index in [1.54, 1.807) is 11.3 Å². The number of fused-ring (bicyclic) bond motifs is 1. The van der Waals surface area contributed by atoms with Crippen molar-refractivity contribution < 1.29 is 9.59 Å². The highest BCUT2D eigenvalue weighted by molar-refractivity contribution is 5.94. The molecule has 1 aromatic carbocycles. The third-order valence-electron chi connectivity index (χ3n) is 5.05. The summed E-state index contributed by atoms with van der Waals surface area (Å²) < 4.78 is 1.77. The number of benzene rings is 1. The minimum absolute atomic E-state index is 0.0141. The van der Waals surface area contributed by atoms with Gasteiger partial charge in [-0.25, -0.2) is 0 Å². The van der Waals surface area contributed by atoms with Crippen LogP contribution in [0.1, 0.15) is 30.1 Å². The maximum Gasteiger partial charge on any atom is 0.235 e. The van der Waals surface area contributed by atoms with Crippen molar-refractivity contribution in [1.82, 2.24) is 14.6 Å². The van der Waals surface area contributed by atoms with Gasteiger partial charge in [0.1, 0.15) is 0 Å². The Kier molecular flexibility index (Phi) is 4.58. The number of nitrogens with zero attached hydrogens (tertiary/aromatic N) is 4. The molecule has 1 N–H and O–H groups in total.